The van der Waals surface area contributed by atoms with Crippen molar-refractivity contribution in [1.82, 2.24) is 20.1 Å². The van der Waals surface area contributed by atoms with E-state index in [-0.39, 0.29) is 5.91 Å². The zero-order chi connectivity index (χ0) is 19.1. The second-order valence-corrected chi connectivity index (χ2v) is 8.13. The Bertz CT molecular complexity index is 759. The molecule has 1 N–H and O–H groups in total. The lowest BCUT2D eigenvalue weighted by molar-refractivity contribution is -0.119. The minimum absolute atomic E-state index is 0.0801. The van der Waals surface area contributed by atoms with Crippen LogP contribution < -0.4 is 5.32 Å². The number of rotatable bonds is 8. The number of hydrogen-bond donors (Lipinski definition) is 1. The molecule has 3 rings (SSSR count). The van der Waals surface area contributed by atoms with Crippen LogP contribution in [-0.2, 0) is 17.8 Å². The summed E-state index contributed by atoms with van der Waals surface area (Å²) in [6, 6.07) is 10.5. The molecule has 1 aliphatic carbocycles. The number of amides is 1. The zero-order valence-electron chi connectivity index (χ0n) is 15.9. The molecule has 0 aliphatic heterocycles. The van der Waals surface area contributed by atoms with E-state index in [2.05, 4.69) is 41.1 Å². The number of carbonyl (C=O) groups is 1. The van der Waals surface area contributed by atoms with Gasteiger partial charge in [-0.15, -0.1) is 16.8 Å². The molecule has 1 aliphatic rings. The minimum atomic E-state index is 0.0801. The standard InChI is InChI=1S/C21H28N4OS/c1-3-13-25-19(14-17-10-5-4-6-11-17)23-24-21(25)27-15-20(26)22-18-12-8-7-9-16(18)2/h3-6,10-11,16,18H,1,7-9,12-15H2,2H3,(H,22,26)/t16-,18-/m0/s1. The fourth-order valence-corrected chi connectivity index (χ4v) is 4.33. The molecule has 2 aromatic rings. The van der Waals surface area contributed by atoms with Gasteiger partial charge in [-0.2, -0.15) is 0 Å². The van der Waals surface area contributed by atoms with E-state index in [0.717, 1.165) is 17.4 Å². The van der Waals surface area contributed by atoms with Crippen molar-refractivity contribution in [2.75, 3.05) is 5.75 Å². The van der Waals surface area contributed by atoms with Crippen molar-refractivity contribution in [3.63, 3.8) is 0 Å². The minimum Gasteiger partial charge on any atom is -0.352 e. The van der Waals surface area contributed by atoms with Crippen molar-refractivity contribution in [2.45, 2.75) is 56.8 Å². The molecule has 1 heterocycles. The summed E-state index contributed by atoms with van der Waals surface area (Å²) < 4.78 is 2.04. The molecule has 1 aromatic heterocycles. The molecule has 1 saturated carbocycles. The van der Waals surface area contributed by atoms with Crippen LogP contribution in [0, 0.1) is 5.92 Å². The Morgan fingerprint density at radius 3 is 2.81 bits per heavy atom. The normalized spacial score (nSPS) is 19.6. The molecular weight excluding hydrogens is 356 g/mol. The van der Waals surface area contributed by atoms with Crippen LogP contribution in [0.4, 0.5) is 0 Å². The molecule has 6 heteroatoms. The van der Waals surface area contributed by atoms with E-state index < -0.39 is 0 Å². The zero-order valence-corrected chi connectivity index (χ0v) is 16.8. The number of aromatic nitrogens is 3. The van der Waals surface area contributed by atoms with Crippen molar-refractivity contribution < 1.29 is 4.79 Å². The Balaban J connectivity index is 1.60. The summed E-state index contributed by atoms with van der Waals surface area (Å²) in [5.74, 6) is 1.90. The molecule has 2 atom stereocenters. The number of thioether (sulfide) groups is 1. The van der Waals surface area contributed by atoms with Crippen LogP contribution in [0.25, 0.3) is 0 Å². The maximum atomic E-state index is 12.4. The molecule has 0 bridgehead atoms. The highest BCUT2D eigenvalue weighted by Gasteiger charge is 2.23. The summed E-state index contributed by atoms with van der Waals surface area (Å²) >= 11 is 1.45. The Kier molecular flexibility index (Phi) is 7.10. The summed E-state index contributed by atoms with van der Waals surface area (Å²) in [6.07, 6.45) is 7.33. The van der Waals surface area contributed by atoms with Crippen molar-refractivity contribution >= 4 is 17.7 Å². The van der Waals surface area contributed by atoms with E-state index in [1.807, 2.05) is 28.8 Å². The maximum absolute atomic E-state index is 12.4. The van der Waals surface area contributed by atoms with Gasteiger partial charge in [0.25, 0.3) is 0 Å². The highest BCUT2D eigenvalue weighted by molar-refractivity contribution is 7.99. The highest BCUT2D eigenvalue weighted by atomic mass is 32.2. The highest BCUT2D eigenvalue weighted by Crippen LogP contribution is 2.24. The van der Waals surface area contributed by atoms with Crippen LogP contribution in [-0.4, -0.2) is 32.5 Å². The fourth-order valence-electron chi connectivity index (χ4n) is 3.56. The molecule has 0 radical (unpaired) electrons. The Morgan fingerprint density at radius 1 is 1.30 bits per heavy atom. The molecule has 0 unspecified atom stereocenters. The summed E-state index contributed by atoms with van der Waals surface area (Å²) in [5, 5.41) is 12.6. The van der Waals surface area contributed by atoms with Crippen LogP contribution in [0.2, 0.25) is 0 Å². The number of nitrogens with one attached hydrogen (secondary N) is 1. The summed E-state index contributed by atoms with van der Waals surface area (Å²) in [6.45, 7) is 6.71. The van der Waals surface area contributed by atoms with Crippen LogP contribution in [0.5, 0.6) is 0 Å². The van der Waals surface area contributed by atoms with E-state index in [1.54, 1.807) is 0 Å². The van der Waals surface area contributed by atoms with Gasteiger partial charge >= 0.3 is 0 Å². The second kappa shape index (κ2) is 9.74. The fraction of sp³-hybridized carbons (Fsp3) is 0.476. The summed E-state index contributed by atoms with van der Waals surface area (Å²) in [4.78, 5) is 12.4. The number of carbonyl (C=O) groups excluding carboxylic acids is 1. The first-order valence-electron chi connectivity index (χ1n) is 9.66. The van der Waals surface area contributed by atoms with E-state index in [1.165, 1.54) is 36.6 Å². The number of hydrogen-bond acceptors (Lipinski definition) is 4. The lowest BCUT2D eigenvalue weighted by Gasteiger charge is -2.29. The first-order valence-corrected chi connectivity index (χ1v) is 10.6. The van der Waals surface area contributed by atoms with Gasteiger partial charge in [-0.05, 0) is 24.3 Å². The van der Waals surface area contributed by atoms with Gasteiger partial charge in [0.05, 0.1) is 5.75 Å². The third-order valence-corrected chi connectivity index (χ3v) is 6.07. The number of benzene rings is 1. The molecule has 144 valence electrons. The quantitative estimate of drug-likeness (QED) is 0.555. The van der Waals surface area contributed by atoms with Crippen molar-refractivity contribution in [1.29, 1.82) is 0 Å². The molecule has 1 fully saturated rings. The summed E-state index contributed by atoms with van der Waals surface area (Å²) in [5.41, 5.74) is 1.19. The predicted octanol–water partition coefficient (Wildman–Crippen LogP) is 3.84. The van der Waals surface area contributed by atoms with Gasteiger partial charge in [-0.25, -0.2) is 0 Å². The number of nitrogens with zero attached hydrogens (tertiary/aromatic N) is 3. The Hall–Kier alpha value is -2.08. The van der Waals surface area contributed by atoms with E-state index in [9.17, 15) is 4.79 Å². The lowest BCUT2D eigenvalue weighted by Crippen LogP contribution is -2.41. The average molecular weight is 385 g/mol. The lowest BCUT2D eigenvalue weighted by atomic mass is 9.86. The van der Waals surface area contributed by atoms with Gasteiger partial charge in [-0.3, -0.25) is 4.79 Å². The van der Waals surface area contributed by atoms with Gasteiger partial charge in [-0.1, -0.05) is 67.9 Å². The van der Waals surface area contributed by atoms with Gasteiger partial charge in [0, 0.05) is 19.0 Å². The molecule has 0 saturated heterocycles. The molecule has 0 spiro atoms. The second-order valence-electron chi connectivity index (χ2n) is 7.18. The number of allylic oxidation sites excluding steroid dienone is 1. The largest absolute Gasteiger partial charge is 0.352 e. The van der Waals surface area contributed by atoms with E-state index in [0.29, 0.717) is 30.7 Å². The first kappa shape index (κ1) is 19.7. The third kappa shape index (κ3) is 5.45. The van der Waals surface area contributed by atoms with E-state index >= 15 is 0 Å². The summed E-state index contributed by atoms with van der Waals surface area (Å²) in [7, 11) is 0. The first-order chi connectivity index (χ1) is 13.2. The van der Waals surface area contributed by atoms with E-state index in [4.69, 9.17) is 0 Å². The molecular formula is C21H28N4OS. The van der Waals surface area contributed by atoms with Crippen LogP contribution >= 0.6 is 11.8 Å². The molecule has 27 heavy (non-hydrogen) atoms. The maximum Gasteiger partial charge on any atom is 0.230 e. The van der Waals surface area contributed by atoms with Gasteiger partial charge in [0.15, 0.2) is 5.16 Å². The van der Waals surface area contributed by atoms with Gasteiger partial charge in [0.1, 0.15) is 5.82 Å². The Labute approximate surface area is 165 Å². The van der Waals surface area contributed by atoms with Crippen molar-refractivity contribution in [3.8, 4) is 0 Å². The van der Waals surface area contributed by atoms with Crippen molar-refractivity contribution in [3.05, 3.63) is 54.4 Å². The van der Waals surface area contributed by atoms with Crippen LogP contribution in [0.3, 0.4) is 0 Å². The predicted molar refractivity (Wildman–Crippen MR) is 110 cm³/mol. The molecule has 1 aromatic carbocycles. The topological polar surface area (TPSA) is 59.8 Å². The van der Waals surface area contributed by atoms with Crippen LogP contribution in [0.15, 0.2) is 48.1 Å². The van der Waals surface area contributed by atoms with Crippen LogP contribution in [0.1, 0.15) is 44.0 Å². The monoisotopic (exact) mass is 384 g/mol. The van der Waals surface area contributed by atoms with Gasteiger partial charge < -0.3 is 9.88 Å². The average Bonchev–Trinajstić information content (AvgIpc) is 3.05. The van der Waals surface area contributed by atoms with Crippen molar-refractivity contribution in [2.24, 2.45) is 5.92 Å². The van der Waals surface area contributed by atoms with Gasteiger partial charge in [0.2, 0.25) is 5.91 Å². The molecule has 1 amide bonds. The smallest absolute Gasteiger partial charge is 0.230 e. The molecule has 5 nitrogen and oxygen atoms in total. The third-order valence-electron chi connectivity index (χ3n) is 5.10. The SMILES string of the molecule is C=CCn1c(Cc2ccccc2)nnc1SCC(=O)N[C@H]1CCCC[C@@H]1C. The Morgan fingerprint density at radius 2 is 2.07 bits per heavy atom.